The summed E-state index contributed by atoms with van der Waals surface area (Å²) < 4.78 is 33.2. The van der Waals surface area contributed by atoms with E-state index in [1.807, 2.05) is 4.90 Å². The van der Waals surface area contributed by atoms with Crippen LogP contribution in [0.3, 0.4) is 0 Å². The molecule has 1 aliphatic carbocycles. The summed E-state index contributed by atoms with van der Waals surface area (Å²) in [4.78, 5) is 30.3. The molecule has 2 saturated heterocycles. The molecule has 1 atom stereocenters. The number of rotatable bonds is 5. The number of amides is 1. The average Bonchev–Trinajstić information content (AvgIpc) is 3.23. The highest BCUT2D eigenvalue weighted by Crippen LogP contribution is 2.32. The highest BCUT2D eigenvalue weighted by atomic mass is 32.2. The predicted octanol–water partition coefficient (Wildman–Crippen LogP) is -0.0333. The Morgan fingerprint density at radius 3 is 2.56 bits per heavy atom. The monoisotopic (exact) mass is 487 g/mol. The molecular weight excluding hydrogens is 462 g/mol. The van der Waals surface area contributed by atoms with Crippen molar-refractivity contribution in [1.29, 1.82) is 0 Å². The van der Waals surface area contributed by atoms with Crippen molar-refractivity contribution in [3.8, 4) is 11.6 Å². The smallest absolute Gasteiger partial charge is 0.259 e. The minimum atomic E-state index is -3.22. The maximum Gasteiger partial charge on any atom is 0.259 e. The normalized spacial score (nSPS) is 22.1. The number of furan rings is 1. The third kappa shape index (κ3) is 3.57. The van der Waals surface area contributed by atoms with E-state index >= 15 is 0 Å². The van der Waals surface area contributed by atoms with Crippen molar-refractivity contribution in [3.63, 3.8) is 0 Å². The van der Waals surface area contributed by atoms with E-state index in [0.717, 1.165) is 19.3 Å². The fourth-order valence-electron chi connectivity index (χ4n) is 4.65. The topological polar surface area (TPSA) is 156 Å². The SMILES string of the molecule is Nc1nc(N2CCC[C@H]2C(=O)N2CCN(S(=O)(=O)C3CC3)CC2)nc2nc(-c3ccco3)nn12. The Labute approximate surface area is 195 Å². The van der Waals surface area contributed by atoms with E-state index < -0.39 is 16.1 Å². The van der Waals surface area contributed by atoms with Crippen molar-refractivity contribution in [2.45, 2.75) is 37.0 Å². The largest absolute Gasteiger partial charge is 0.461 e. The van der Waals surface area contributed by atoms with Crippen LogP contribution in [0.1, 0.15) is 25.7 Å². The molecule has 3 aromatic rings. The molecule has 0 spiro atoms. The molecule has 14 heteroatoms. The maximum absolute atomic E-state index is 13.4. The molecule has 13 nitrogen and oxygen atoms in total. The van der Waals surface area contributed by atoms with Crippen molar-refractivity contribution in [2.24, 2.45) is 0 Å². The lowest BCUT2D eigenvalue weighted by molar-refractivity contribution is -0.133. The van der Waals surface area contributed by atoms with Crippen molar-refractivity contribution in [3.05, 3.63) is 18.4 Å². The molecule has 3 aliphatic rings. The van der Waals surface area contributed by atoms with E-state index in [4.69, 9.17) is 10.2 Å². The third-order valence-corrected chi connectivity index (χ3v) is 9.01. The van der Waals surface area contributed by atoms with Gasteiger partial charge in [0, 0.05) is 32.7 Å². The van der Waals surface area contributed by atoms with Gasteiger partial charge >= 0.3 is 0 Å². The second-order valence-electron chi connectivity index (χ2n) is 8.83. The Bertz CT molecular complexity index is 1330. The second kappa shape index (κ2) is 7.91. The van der Waals surface area contributed by atoms with Gasteiger partial charge in [0.05, 0.1) is 11.5 Å². The molecule has 0 radical (unpaired) electrons. The Balaban J connectivity index is 1.20. The standard InChI is InChI=1S/C20H25N9O4S/c21-18-23-19(24-20-22-16(25-29(18)20)15-4-2-12-33-15)28-7-1-3-14(28)17(30)26-8-10-27(11-9-26)34(31,32)13-5-6-13/h2,4,12-14H,1,3,5-11H2,(H2,21,22,23,24,25)/t14-/m0/s1. The number of fused-ring (bicyclic) bond motifs is 1. The lowest BCUT2D eigenvalue weighted by Crippen LogP contribution is -2.55. The molecule has 0 bridgehead atoms. The molecule has 5 heterocycles. The molecule has 6 rings (SSSR count). The number of sulfonamides is 1. The Morgan fingerprint density at radius 2 is 1.85 bits per heavy atom. The Morgan fingerprint density at radius 1 is 1.06 bits per heavy atom. The first-order valence-electron chi connectivity index (χ1n) is 11.4. The van der Waals surface area contributed by atoms with Crippen LogP contribution in [-0.2, 0) is 14.8 Å². The molecule has 1 amide bonds. The maximum atomic E-state index is 13.4. The molecule has 180 valence electrons. The Hall–Kier alpha value is -3.26. The zero-order valence-corrected chi connectivity index (χ0v) is 19.3. The number of carbonyl (C=O) groups is 1. The third-order valence-electron chi connectivity index (χ3n) is 6.61. The molecule has 2 aliphatic heterocycles. The van der Waals surface area contributed by atoms with Crippen LogP contribution in [0, 0.1) is 0 Å². The highest BCUT2D eigenvalue weighted by Gasteiger charge is 2.42. The van der Waals surface area contributed by atoms with Crippen LogP contribution in [-0.4, -0.2) is 92.1 Å². The van der Waals surface area contributed by atoms with Crippen LogP contribution in [0.15, 0.2) is 22.8 Å². The van der Waals surface area contributed by atoms with Gasteiger partial charge in [-0.3, -0.25) is 4.79 Å². The van der Waals surface area contributed by atoms with Gasteiger partial charge in [0.25, 0.3) is 5.78 Å². The van der Waals surface area contributed by atoms with Crippen molar-refractivity contribution in [1.82, 2.24) is 33.8 Å². The van der Waals surface area contributed by atoms with Gasteiger partial charge in [0.2, 0.25) is 33.7 Å². The summed E-state index contributed by atoms with van der Waals surface area (Å²) in [6.07, 6.45) is 4.48. The number of nitrogen functional groups attached to an aromatic ring is 1. The van der Waals surface area contributed by atoms with Crippen molar-refractivity contribution >= 4 is 33.6 Å². The van der Waals surface area contributed by atoms with E-state index in [0.29, 0.717) is 56.7 Å². The molecule has 2 N–H and O–H groups in total. The first-order valence-corrected chi connectivity index (χ1v) is 12.9. The van der Waals surface area contributed by atoms with Crippen LogP contribution in [0.5, 0.6) is 0 Å². The number of nitrogens with two attached hydrogens (primary N) is 1. The molecule has 0 aromatic carbocycles. The zero-order valence-electron chi connectivity index (χ0n) is 18.4. The van der Waals surface area contributed by atoms with E-state index in [1.165, 1.54) is 15.1 Å². The molecular formula is C20H25N9O4S. The van der Waals surface area contributed by atoms with Gasteiger partial charge in [0.1, 0.15) is 6.04 Å². The van der Waals surface area contributed by atoms with Gasteiger partial charge in [-0.2, -0.15) is 23.8 Å². The number of anilines is 2. The number of piperazine rings is 1. The predicted molar refractivity (Wildman–Crippen MR) is 121 cm³/mol. The Kier molecular flexibility index (Phi) is 4.95. The van der Waals surface area contributed by atoms with E-state index in [1.54, 1.807) is 17.0 Å². The fourth-order valence-corrected chi connectivity index (χ4v) is 6.47. The summed E-state index contributed by atoms with van der Waals surface area (Å²) in [5.74, 6) is 1.50. The summed E-state index contributed by atoms with van der Waals surface area (Å²) in [6.45, 7) is 2.05. The molecule has 0 unspecified atom stereocenters. The molecule has 34 heavy (non-hydrogen) atoms. The minimum absolute atomic E-state index is 0.0410. The highest BCUT2D eigenvalue weighted by molar-refractivity contribution is 7.90. The number of carbonyl (C=O) groups excluding carboxylic acids is 1. The van der Waals surface area contributed by atoms with E-state index in [-0.39, 0.29) is 22.9 Å². The van der Waals surface area contributed by atoms with Gasteiger partial charge in [-0.05, 0) is 37.8 Å². The average molecular weight is 488 g/mol. The number of hydrogen-bond donors (Lipinski definition) is 1. The van der Waals surface area contributed by atoms with Gasteiger partial charge in [-0.25, -0.2) is 8.42 Å². The fraction of sp³-hybridized carbons (Fsp3) is 0.550. The van der Waals surface area contributed by atoms with Gasteiger partial charge in [0.15, 0.2) is 5.76 Å². The summed E-state index contributed by atoms with van der Waals surface area (Å²) in [5.41, 5.74) is 6.14. The summed E-state index contributed by atoms with van der Waals surface area (Å²) in [6, 6.07) is 3.05. The second-order valence-corrected chi connectivity index (χ2v) is 11.0. The van der Waals surface area contributed by atoms with Crippen molar-refractivity contribution < 1.29 is 17.6 Å². The lowest BCUT2D eigenvalue weighted by atomic mass is 10.2. The lowest BCUT2D eigenvalue weighted by Gasteiger charge is -2.36. The van der Waals surface area contributed by atoms with E-state index in [9.17, 15) is 13.2 Å². The zero-order chi connectivity index (χ0) is 23.4. The van der Waals surface area contributed by atoms with E-state index in [2.05, 4.69) is 20.1 Å². The van der Waals surface area contributed by atoms with Crippen LogP contribution in [0.25, 0.3) is 17.4 Å². The molecule has 1 saturated carbocycles. The number of aromatic nitrogens is 5. The minimum Gasteiger partial charge on any atom is -0.461 e. The summed E-state index contributed by atoms with van der Waals surface area (Å²) >= 11 is 0. The van der Waals surface area contributed by atoms with Crippen LogP contribution in [0.4, 0.5) is 11.9 Å². The first kappa shape index (κ1) is 21.3. The number of nitrogens with zero attached hydrogens (tertiary/aromatic N) is 8. The number of hydrogen-bond acceptors (Lipinski definition) is 10. The van der Waals surface area contributed by atoms with Crippen molar-refractivity contribution in [2.75, 3.05) is 43.4 Å². The molecule has 3 fully saturated rings. The van der Waals surface area contributed by atoms with Crippen LogP contribution < -0.4 is 10.6 Å². The van der Waals surface area contributed by atoms with Gasteiger partial charge in [-0.1, -0.05) is 0 Å². The summed E-state index contributed by atoms with van der Waals surface area (Å²) in [5, 5.41) is 4.07. The summed E-state index contributed by atoms with van der Waals surface area (Å²) in [7, 11) is -3.22. The van der Waals surface area contributed by atoms with Crippen LogP contribution in [0.2, 0.25) is 0 Å². The van der Waals surface area contributed by atoms with Gasteiger partial charge in [-0.15, -0.1) is 5.10 Å². The first-order chi connectivity index (χ1) is 16.4. The van der Waals surface area contributed by atoms with Crippen LogP contribution >= 0.6 is 0 Å². The van der Waals surface area contributed by atoms with Gasteiger partial charge < -0.3 is 20.0 Å². The quantitative estimate of drug-likeness (QED) is 0.518. The molecule has 3 aromatic heterocycles.